The fraction of sp³-hybridized carbons (Fsp3) is 0.231. The Bertz CT molecular complexity index is 1420. The largest absolute Gasteiger partial charge is 0.507 e. The summed E-state index contributed by atoms with van der Waals surface area (Å²) >= 11 is 0. The summed E-state index contributed by atoms with van der Waals surface area (Å²) in [7, 11) is 6.05. The maximum atomic E-state index is 12.6. The number of amides is 1. The quantitative estimate of drug-likeness (QED) is 0.273. The number of benzene rings is 2. The molecular weight excluding hydrogens is 441 g/mol. The van der Waals surface area contributed by atoms with Crippen molar-refractivity contribution < 1.29 is 14.7 Å². The van der Waals surface area contributed by atoms with Crippen LogP contribution in [0.3, 0.4) is 0 Å². The van der Waals surface area contributed by atoms with Crippen LogP contribution in [0, 0.1) is 0 Å². The van der Waals surface area contributed by atoms with Crippen LogP contribution in [0.4, 0.5) is 5.82 Å². The Hall–Kier alpha value is -4.14. The lowest BCUT2D eigenvalue weighted by atomic mass is 10.0. The lowest BCUT2D eigenvalue weighted by molar-refractivity contribution is -0.122. The predicted molar refractivity (Wildman–Crippen MR) is 134 cm³/mol. The molecule has 0 saturated carbocycles. The van der Waals surface area contributed by atoms with Crippen LogP contribution in [0.15, 0.2) is 60.8 Å². The summed E-state index contributed by atoms with van der Waals surface area (Å²) in [6.07, 6.45) is 3.34. The Morgan fingerprint density at radius 1 is 1.09 bits per heavy atom. The molecule has 0 spiro atoms. The summed E-state index contributed by atoms with van der Waals surface area (Å²) in [5, 5.41) is 20.9. The van der Waals surface area contributed by atoms with Crippen molar-refractivity contribution in [2.45, 2.75) is 25.2 Å². The molecule has 8 nitrogen and oxygen atoms in total. The van der Waals surface area contributed by atoms with Crippen LogP contribution in [0.25, 0.3) is 16.9 Å². The third-order valence-corrected chi connectivity index (χ3v) is 6.23. The van der Waals surface area contributed by atoms with E-state index >= 15 is 0 Å². The number of para-hydroxylation sites is 1. The Balaban J connectivity index is 1.18. The fourth-order valence-electron chi connectivity index (χ4n) is 4.43. The molecule has 4 aromatic rings. The normalized spacial score (nSPS) is 14.7. The van der Waals surface area contributed by atoms with Gasteiger partial charge in [-0.2, -0.15) is 9.61 Å². The van der Waals surface area contributed by atoms with Gasteiger partial charge in [0.25, 0.3) is 0 Å². The number of carbonyl (C=O) groups is 2. The number of unbranched alkanes of at least 4 members (excludes halogenated alkanes) is 1. The Labute approximate surface area is 203 Å². The van der Waals surface area contributed by atoms with Crippen molar-refractivity contribution in [3.05, 3.63) is 71.9 Å². The minimum Gasteiger partial charge on any atom is -0.507 e. The average Bonchev–Trinajstić information content (AvgIpc) is 3.41. The highest BCUT2D eigenvalue weighted by atomic mass is 16.3. The Morgan fingerprint density at radius 3 is 2.66 bits per heavy atom. The smallest absolute Gasteiger partial charge is 0.228 e. The van der Waals surface area contributed by atoms with Gasteiger partial charge in [-0.3, -0.25) is 9.59 Å². The first-order valence-corrected chi connectivity index (χ1v) is 11.6. The summed E-state index contributed by atoms with van der Waals surface area (Å²) in [5.41, 5.74) is 3.62. The zero-order valence-corrected chi connectivity index (χ0v) is 19.1. The SMILES string of the molecule is [B]c1cnn2c(NCCCCNC(=O)C3CC(=O)c4ccccc43)cc(-c3ccccc3O)nc12. The lowest BCUT2D eigenvalue weighted by Crippen LogP contribution is -2.29. The van der Waals surface area contributed by atoms with Gasteiger partial charge in [-0.25, -0.2) is 4.98 Å². The van der Waals surface area contributed by atoms with Gasteiger partial charge in [0.2, 0.25) is 5.91 Å². The minimum atomic E-state index is -0.403. The maximum absolute atomic E-state index is 12.6. The molecule has 35 heavy (non-hydrogen) atoms. The van der Waals surface area contributed by atoms with Gasteiger partial charge in [0.15, 0.2) is 11.4 Å². The molecule has 2 heterocycles. The summed E-state index contributed by atoms with van der Waals surface area (Å²) in [4.78, 5) is 29.3. The van der Waals surface area contributed by atoms with Crippen molar-refractivity contribution in [2.75, 3.05) is 18.4 Å². The Morgan fingerprint density at radius 2 is 1.83 bits per heavy atom. The van der Waals surface area contributed by atoms with E-state index in [4.69, 9.17) is 7.85 Å². The lowest BCUT2D eigenvalue weighted by Gasteiger charge is -2.13. The second-order valence-corrected chi connectivity index (χ2v) is 8.57. The second kappa shape index (κ2) is 9.62. The van der Waals surface area contributed by atoms with Gasteiger partial charge in [-0.05, 0) is 36.0 Å². The number of aromatic hydroxyl groups is 1. The number of Topliss-reactive ketones (excluding diaryl/α,β-unsaturated/α-hetero) is 1. The van der Waals surface area contributed by atoms with Crippen molar-refractivity contribution in [1.82, 2.24) is 19.9 Å². The standard InChI is InChI=1S/C26H24BN5O3/c27-20-15-30-32-24(14-21(31-25(20)32)18-9-3-4-10-22(18)33)28-11-5-6-12-29-26(35)19-13-23(34)17-8-2-1-7-16(17)19/h1-4,7-10,14-15,19,28,33H,5-6,11-13H2,(H,29,35). The summed E-state index contributed by atoms with van der Waals surface area (Å²) in [6.45, 7) is 1.16. The molecule has 174 valence electrons. The van der Waals surface area contributed by atoms with Crippen LogP contribution >= 0.6 is 0 Å². The van der Waals surface area contributed by atoms with Crippen molar-refractivity contribution in [3.63, 3.8) is 0 Å². The molecule has 1 atom stereocenters. The van der Waals surface area contributed by atoms with Gasteiger partial charge in [0, 0.05) is 42.9 Å². The number of hydrogen-bond donors (Lipinski definition) is 3. The number of nitrogens with one attached hydrogen (secondary N) is 2. The molecule has 1 unspecified atom stereocenters. The van der Waals surface area contributed by atoms with E-state index in [1.165, 1.54) is 0 Å². The first-order chi connectivity index (χ1) is 17.0. The molecule has 1 amide bonds. The van der Waals surface area contributed by atoms with Crippen molar-refractivity contribution in [1.29, 1.82) is 0 Å². The summed E-state index contributed by atoms with van der Waals surface area (Å²) in [6, 6.07) is 16.1. The molecule has 3 N–H and O–H groups in total. The number of nitrogens with zero attached hydrogens (tertiary/aromatic N) is 3. The number of fused-ring (bicyclic) bond motifs is 2. The number of phenols is 1. The van der Waals surface area contributed by atoms with Gasteiger partial charge in [0.05, 0.1) is 11.6 Å². The first-order valence-electron chi connectivity index (χ1n) is 11.6. The van der Waals surface area contributed by atoms with E-state index < -0.39 is 5.92 Å². The number of rotatable bonds is 8. The highest BCUT2D eigenvalue weighted by molar-refractivity contribution is 6.36. The van der Waals surface area contributed by atoms with Crippen LogP contribution in [0.2, 0.25) is 0 Å². The molecule has 0 aliphatic heterocycles. The van der Waals surface area contributed by atoms with E-state index in [9.17, 15) is 14.7 Å². The van der Waals surface area contributed by atoms with E-state index in [0.29, 0.717) is 46.8 Å². The maximum Gasteiger partial charge on any atom is 0.228 e. The predicted octanol–water partition coefficient (Wildman–Crippen LogP) is 2.57. The van der Waals surface area contributed by atoms with E-state index in [1.54, 1.807) is 35.0 Å². The molecule has 1 aliphatic carbocycles. The molecular formula is C26H24BN5O3. The zero-order valence-electron chi connectivity index (χ0n) is 19.1. The molecule has 0 bridgehead atoms. The average molecular weight is 465 g/mol. The third kappa shape index (κ3) is 4.49. The molecule has 0 saturated heterocycles. The van der Waals surface area contributed by atoms with Crippen molar-refractivity contribution in [2.24, 2.45) is 0 Å². The highest BCUT2D eigenvalue weighted by Crippen LogP contribution is 2.33. The number of hydrogen-bond acceptors (Lipinski definition) is 6. The molecule has 2 aromatic heterocycles. The van der Waals surface area contributed by atoms with Crippen molar-refractivity contribution >= 4 is 36.5 Å². The monoisotopic (exact) mass is 465 g/mol. The van der Waals surface area contributed by atoms with Crippen LogP contribution < -0.4 is 16.1 Å². The summed E-state index contributed by atoms with van der Waals surface area (Å²) in [5.74, 6) is 0.355. The highest BCUT2D eigenvalue weighted by Gasteiger charge is 2.33. The molecule has 9 heteroatoms. The zero-order chi connectivity index (χ0) is 24.4. The molecule has 0 fully saturated rings. The summed E-state index contributed by atoms with van der Waals surface area (Å²) < 4.78 is 1.63. The number of phenolic OH excluding ortho intramolecular Hbond substituents is 1. The molecule has 5 rings (SSSR count). The van der Waals surface area contributed by atoms with E-state index in [1.807, 2.05) is 30.3 Å². The van der Waals surface area contributed by atoms with Crippen molar-refractivity contribution in [3.8, 4) is 17.0 Å². The molecule has 2 aromatic carbocycles. The van der Waals surface area contributed by atoms with Crippen LogP contribution in [-0.2, 0) is 4.79 Å². The van der Waals surface area contributed by atoms with E-state index in [0.717, 1.165) is 18.4 Å². The third-order valence-electron chi connectivity index (χ3n) is 6.23. The fourth-order valence-corrected chi connectivity index (χ4v) is 4.43. The number of anilines is 1. The minimum absolute atomic E-state index is 0.0241. The van der Waals surface area contributed by atoms with Gasteiger partial charge in [-0.1, -0.05) is 36.4 Å². The van der Waals surface area contributed by atoms with Crippen LogP contribution in [0.5, 0.6) is 5.75 Å². The van der Waals surface area contributed by atoms with Gasteiger partial charge >= 0.3 is 0 Å². The van der Waals surface area contributed by atoms with E-state index in [-0.39, 0.29) is 23.9 Å². The number of aromatic nitrogens is 3. The van der Waals surface area contributed by atoms with Gasteiger partial charge < -0.3 is 15.7 Å². The first kappa shape index (κ1) is 22.6. The van der Waals surface area contributed by atoms with Gasteiger partial charge in [0.1, 0.15) is 19.4 Å². The Kier molecular flexibility index (Phi) is 6.22. The van der Waals surface area contributed by atoms with Gasteiger partial charge in [-0.15, -0.1) is 0 Å². The van der Waals surface area contributed by atoms with Crippen LogP contribution in [0.1, 0.15) is 41.1 Å². The topological polar surface area (TPSA) is 109 Å². The van der Waals surface area contributed by atoms with E-state index in [2.05, 4.69) is 20.7 Å². The van der Waals surface area contributed by atoms with Crippen LogP contribution in [-0.4, -0.2) is 52.3 Å². The number of carbonyl (C=O) groups excluding carboxylic acids is 2. The molecule has 2 radical (unpaired) electrons. The second-order valence-electron chi connectivity index (χ2n) is 8.57. The molecule has 1 aliphatic rings. The number of ketones is 1.